The Balaban J connectivity index is 0.00000280. The van der Waals surface area contributed by atoms with Gasteiger partial charge in [0.05, 0.1) is 12.6 Å². The zero-order valence-corrected chi connectivity index (χ0v) is 18.9. The Bertz CT molecular complexity index is 813. The van der Waals surface area contributed by atoms with Crippen molar-refractivity contribution < 1.29 is 9.13 Å². The average molecular weight is 498 g/mol. The topological polar surface area (TPSA) is 48.9 Å². The summed E-state index contributed by atoms with van der Waals surface area (Å²) in [5.41, 5.74) is 2.85. The molecule has 5 nitrogen and oxygen atoms in total. The molecule has 1 atom stereocenters. The van der Waals surface area contributed by atoms with Crippen LogP contribution >= 0.6 is 24.0 Å². The van der Waals surface area contributed by atoms with Gasteiger partial charge in [-0.2, -0.15) is 0 Å². The van der Waals surface area contributed by atoms with Crippen LogP contribution in [0.5, 0.6) is 5.75 Å². The van der Waals surface area contributed by atoms with Gasteiger partial charge < -0.3 is 20.3 Å². The van der Waals surface area contributed by atoms with Crippen molar-refractivity contribution in [2.75, 3.05) is 27.7 Å². The van der Waals surface area contributed by atoms with Crippen LogP contribution in [0.3, 0.4) is 0 Å². The second kappa shape index (κ2) is 10.6. The normalized spacial score (nSPS) is 16.0. The summed E-state index contributed by atoms with van der Waals surface area (Å²) in [4.78, 5) is 6.29. The first kappa shape index (κ1) is 22.4. The second-order valence-corrected chi connectivity index (χ2v) is 6.96. The number of guanidine groups is 1. The van der Waals surface area contributed by atoms with Crippen LogP contribution in [0.1, 0.15) is 29.2 Å². The van der Waals surface area contributed by atoms with Crippen LogP contribution in [-0.4, -0.2) is 38.6 Å². The number of nitrogens with one attached hydrogen (secondary N) is 2. The molecule has 1 aliphatic heterocycles. The molecule has 0 spiro atoms. The van der Waals surface area contributed by atoms with Gasteiger partial charge in [0.25, 0.3) is 0 Å². The van der Waals surface area contributed by atoms with Crippen molar-refractivity contribution in [3.05, 3.63) is 65.0 Å². The van der Waals surface area contributed by atoms with E-state index in [-0.39, 0.29) is 35.8 Å². The summed E-state index contributed by atoms with van der Waals surface area (Å²) in [5, 5.41) is 6.79. The van der Waals surface area contributed by atoms with Crippen molar-refractivity contribution >= 4 is 29.9 Å². The summed E-state index contributed by atoms with van der Waals surface area (Å²) in [6.07, 6.45) is 0.876. The Hall–Kier alpha value is -1.87. The molecule has 0 amide bonds. The minimum Gasteiger partial charge on any atom is -0.493 e. The SMILES string of the molecule is CN=C(NCc1ccc(F)c(CN(C)C)c1)NC1CCOc2ccccc21.I. The van der Waals surface area contributed by atoms with Crippen molar-refractivity contribution in [1.82, 2.24) is 15.5 Å². The van der Waals surface area contributed by atoms with Gasteiger partial charge in [0.2, 0.25) is 0 Å². The van der Waals surface area contributed by atoms with Gasteiger partial charge in [0.15, 0.2) is 5.96 Å². The fourth-order valence-electron chi connectivity index (χ4n) is 3.24. The maximum Gasteiger partial charge on any atom is 0.191 e. The van der Waals surface area contributed by atoms with Gasteiger partial charge in [-0.3, -0.25) is 4.99 Å². The van der Waals surface area contributed by atoms with Gasteiger partial charge in [-0.1, -0.05) is 24.3 Å². The predicted octanol–water partition coefficient (Wildman–Crippen LogP) is 3.69. The number of para-hydroxylation sites is 1. The molecule has 1 heterocycles. The zero-order chi connectivity index (χ0) is 19.2. The van der Waals surface area contributed by atoms with E-state index in [9.17, 15) is 4.39 Å². The molecule has 0 aliphatic carbocycles. The summed E-state index contributed by atoms with van der Waals surface area (Å²) in [7, 11) is 5.62. The summed E-state index contributed by atoms with van der Waals surface area (Å²) < 4.78 is 19.7. The number of ether oxygens (including phenoxy) is 1. The molecule has 0 fully saturated rings. The maximum atomic E-state index is 13.9. The van der Waals surface area contributed by atoms with Crippen molar-refractivity contribution in [2.45, 2.75) is 25.6 Å². The first-order valence-corrected chi connectivity index (χ1v) is 9.17. The third-order valence-corrected chi connectivity index (χ3v) is 4.55. The number of halogens is 2. The van der Waals surface area contributed by atoms with Gasteiger partial charge in [0, 0.05) is 37.7 Å². The molecule has 0 radical (unpaired) electrons. The van der Waals surface area contributed by atoms with Crippen molar-refractivity contribution in [1.29, 1.82) is 0 Å². The fraction of sp³-hybridized carbons (Fsp3) is 0.381. The second-order valence-electron chi connectivity index (χ2n) is 6.96. The maximum absolute atomic E-state index is 13.9. The predicted molar refractivity (Wildman–Crippen MR) is 122 cm³/mol. The Morgan fingerprint density at radius 1 is 1.25 bits per heavy atom. The van der Waals surface area contributed by atoms with Gasteiger partial charge >= 0.3 is 0 Å². The van der Waals surface area contributed by atoms with Gasteiger partial charge in [-0.25, -0.2) is 4.39 Å². The van der Waals surface area contributed by atoms with Gasteiger partial charge in [-0.15, -0.1) is 24.0 Å². The van der Waals surface area contributed by atoms with E-state index in [1.54, 1.807) is 13.1 Å². The summed E-state index contributed by atoms with van der Waals surface area (Å²) in [5.74, 6) is 1.47. The van der Waals surface area contributed by atoms with Crippen LogP contribution < -0.4 is 15.4 Å². The van der Waals surface area contributed by atoms with Gasteiger partial charge in [-0.05, 0) is 37.9 Å². The van der Waals surface area contributed by atoms with E-state index in [2.05, 4.69) is 21.7 Å². The number of nitrogens with zero attached hydrogens (tertiary/aromatic N) is 2. The molecule has 0 saturated heterocycles. The Morgan fingerprint density at radius 2 is 2.04 bits per heavy atom. The van der Waals surface area contributed by atoms with Crippen molar-refractivity contribution in [3.63, 3.8) is 0 Å². The lowest BCUT2D eigenvalue weighted by molar-refractivity contribution is 0.261. The first-order chi connectivity index (χ1) is 13.1. The van der Waals surface area contributed by atoms with Crippen LogP contribution in [0.25, 0.3) is 0 Å². The summed E-state index contributed by atoms with van der Waals surface area (Å²) in [6.45, 7) is 1.83. The quantitative estimate of drug-likeness (QED) is 0.375. The molecule has 1 unspecified atom stereocenters. The van der Waals surface area contributed by atoms with Crippen LogP contribution in [0.4, 0.5) is 4.39 Å². The lowest BCUT2D eigenvalue weighted by atomic mass is 10.0. The van der Waals surface area contributed by atoms with E-state index in [0.717, 1.165) is 29.3 Å². The summed E-state index contributed by atoms with van der Waals surface area (Å²) in [6, 6.07) is 13.5. The highest BCUT2D eigenvalue weighted by atomic mass is 127. The molecule has 28 heavy (non-hydrogen) atoms. The van der Waals surface area contributed by atoms with E-state index >= 15 is 0 Å². The minimum absolute atomic E-state index is 0. The molecule has 1 aliphatic rings. The number of hydrogen-bond acceptors (Lipinski definition) is 3. The van der Waals surface area contributed by atoms with Crippen LogP contribution in [0.15, 0.2) is 47.5 Å². The molecule has 2 aromatic carbocycles. The van der Waals surface area contributed by atoms with E-state index in [0.29, 0.717) is 25.3 Å². The number of benzene rings is 2. The molecule has 3 rings (SSSR count). The molecular weight excluding hydrogens is 470 g/mol. The molecule has 0 aromatic heterocycles. The molecule has 2 N–H and O–H groups in total. The van der Waals surface area contributed by atoms with Crippen molar-refractivity contribution in [2.24, 2.45) is 4.99 Å². The van der Waals surface area contributed by atoms with E-state index in [1.807, 2.05) is 43.3 Å². The molecule has 0 saturated carbocycles. The Labute approximate surface area is 183 Å². The monoisotopic (exact) mass is 498 g/mol. The zero-order valence-electron chi connectivity index (χ0n) is 16.5. The number of aliphatic imine (C=N–C) groups is 1. The molecule has 152 valence electrons. The molecule has 2 aromatic rings. The third kappa shape index (κ3) is 5.81. The standard InChI is InChI=1S/C21H27FN4O.HI/c1-23-21(25-19-10-11-27-20-7-5-4-6-17(19)20)24-13-15-8-9-18(22)16(12-15)14-26(2)3;/h4-9,12,19H,10-11,13-14H2,1-3H3,(H2,23,24,25);1H. The Kier molecular flexibility index (Phi) is 8.50. The van der Waals surface area contributed by atoms with Crippen molar-refractivity contribution in [3.8, 4) is 5.75 Å². The Morgan fingerprint density at radius 3 is 2.79 bits per heavy atom. The summed E-state index contributed by atoms with van der Waals surface area (Å²) >= 11 is 0. The lowest BCUT2D eigenvalue weighted by Gasteiger charge is -2.28. The van der Waals surface area contributed by atoms with Crippen LogP contribution in [0, 0.1) is 5.82 Å². The highest BCUT2D eigenvalue weighted by Gasteiger charge is 2.21. The lowest BCUT2D eigenvalue weighted by Crippen LogP contribution is -2.40. The molecule has 7 heteroatoms. The van der Waals surface area contributed by atoms with Crippen LogP contribution in [-0.2, 0) is 13.1 Å². The third-order valence-electron chi connectivity index (χ3n) is 4.55. The first-order valence-electron chi connectivity index (χ1n) is 9.17. The highest BCUT2D eigenvalue weighted by molar-refractivity contribution is 14.0. The number of rotatable bonds is 5. The van der Waals surface area contributed by atoms with Gasteiger partial charge in [0.1, 0.15) is 11.6 Å². The average Bonchev–Trinajstić information content (AvgIpc) is 2.67. The number of hydrogen-bond donors (Lipinski definition) is 2. The van der Waals surface area contributed by atoms with E-state index < -0.39 is 0 Å². The molecule has 0 bridgehead atoms. The smallest absolute Gasteiger partial charge is 0.191 e. The highest BCUT2D eigenvalue weighted by Crippen LogP contribution is 2.31. The number of fused-ring (bicyclic) bond motifs is 1. The largest absolute Gasteiger partial charge is 0.493 e. The van der Waals surface area contributed by atoms with E-state index in [1.165, 1.54) is 6.07 Å². The fourth-order valence-corrected chi connectivity index (χ4v) is 3.24. The van der Waals surface area contributed by atoms with Crippen LogP contribution in [0.2, 0.25) is 0 Å². The molecular formula is C21H28FIN4O. The minimum atomic E-state index is -0.172. The van der Waals surface area contributed by atoms with E-state index in [4.69, 9.17) is 4.74 Å².